The number of anilines is 1. The molecule has 2 nitrogen and oxygen atoms in total. The van der Waals surface area contributed by atoms with Crippen LogP contribution < -0.4 is 4.90 Å². The van der Waals surface area contributed by atoms with Crippen LogP contribution >= 0.6 is 0 Å². The van der Waals surface area contributed by atoms with Crippen molar-refractivity contribution in [1.82, 2.24) is 0 Å². The molecular formula is C16H24FNO. The maximum Gasteiger partial charge on any atom is 0.126 e. The summed E-state index contributed by atoms with van der Waals surface area (Å²) in [7, 11) is 0. The van der Waals surface area contributed by atoms with Crippen molar-refractivity contribution in [2.45, 2.75) is 46.6 Å². The average Bonchev–Trinajstić information content (AvgIpc) is 2.32. The van der Waals surface area contributed by atoms with E-state index in [1.807, 2.05) is 6.07 Å². The fourth-order valence-corrected chi connectivity index (χ4v) is 2.64. The first-order chi connectivity index (χ1) is 8.80. The molecule has 0 amide bonds. The highest BCUT2D eigenvalue weighted by atomic mass is 19.1. The van der Waals surface area contributed by atoms with Crippen LogP contribution in [0.5, 0.6) is 0 Å². The molecule has 1 unspecified atom stereocenters. The average molecular weight is 265 g/mol. The molecule has 106 valence electrons. The van der Waals surface area contributed by atoms with Crippen LogP contribution in [0.1, 0.15) is 50.8 Å². The number of piperidine rings is 1. The highest BCUT2D eigenvalue weighted by Gasteiger charge is 2.27. The number of hydrogen-bond donors (Lipinski definition) is 1. The van der Waals surface area contributed by atoms with Crippen molar-refractivity contribution in [3.8, 4) is 0 Å². The number of aliphatic hydroxyl groups is 1. The van der Waals surface area contributed by atoms with Crippen molar-refractivity contribution in [1.29, 1.82) is 0 Å². The van der Waals surface area contributed by atoms with Gasteiger partial charge in [0.1, 0.15) is 5.82 Å². The normalized spacial score (nSPS) is 20.4. The van der Waals surface area contributed by atoms with Crippen LogP contribution in [0.25, 0.3) is 0 Å². The molecule has 1 aliphatic heterocycles. The van der Waals surface area contributed by atoms with Crippen molar-refractivity contribution in [2.24, 2.45) is 5.41 Å². The van der Waals surface area contributed by atoms with E-state index in [4.69, 9.17) is 0 Å². The lowest BCUT2D eigenvalue weighted by Gasteiger charge is -2.39. The van der Waals surface area contributed by atoms with Gasteiger partial charge in [0.25, 0.3) is 0 Å². The first kappa shape index (κ1) is 14.3. The van der Waals surface area contributed by atoms with Crippen LogP contribution in [0.3, 0.4) is 0 Å². The second kappa shape index (κ2) is 5.12. The van der Waals surface area contributed by atoms with Crippen molar-refractivity contribution in [3.05, 3.63) is 29.1 Å². The minimum atomic E-state index is -0.639. The van der Waals surface area contributed by atoms with Crippen LogP contribution in [0.15, 0.2) is 12.1 Å². The van der Waals surface area contributed by atoms with Crippen LogP contribution in [0, 0.1) is 18.2 Å². The Morgan fingerprint density at radius 1 is 1.26 bits per heavy atom. The van der Waals surface area contributed by atoms with Gasteiger partial charge in [-0.1, -0.05) is 13.8 Å². The van der Waals surface area contributed by atoms with Crippen LogP contribution in [-0.2, 0) is 0 Å². The minimum Gasteiger partial charge on any atom is -0.389 e. The van der Waals surface area contributed by atoms with Crippen molar-refractivity contribution >= 4 is 5.69 Å². The molecule has 0 aromatic heterocycles. The van der Waals surface area contributed by atoms with Gasteiger partial charge in [-0.05, 0) is 49.8 Å². The number of hydrogen-bond acceptors (Lipinski definition) is 2. The number of aryl methyl sites for hydroxylation is 1. The molecule has 1 aromatic carbocycles. The lowest BCUT2D eigenvalue weighted by atomic mass is 9.82. The van der Waals surface area contributed by atoms with Gasteiger partial charge in [0, 0.05) is 24.3 Å². The second-order valence-corrected chi connectivity index (χ2v) is 6.49. The summed E-state index contributed by atoms with van der Waals surface area (Å²) in [4.78, 5) is 2.28. The lowest BCUT2D eigenvalue weighted by Crippen LogP contribution is -2.38. The molecule has 0 radical (unpaired) electrons. The Morgan fingerprint density at radius 3 is 2.37 bits per heavy atom. The summed E-state index contributed by atoms with van der Waals surface area (Å²) < 4.78 is 13.7. The van der Waals surface area contributed by atoms with Crippen LogP contribution in [0.4, 0.5) is 10.1 Å². The van der Waals surface area contributed by atoms with Gasteiger partial charge in [-0.15, -0.1) is 0 Å². The first-order valence-corrected chi connectivity index (χ1v) is 7.03. The van der Waals surface area contributed by atoms with E-state index in [2.05, 4.69) is 18.7 Å². The van der Waals surface area contributed by atoms with E-state index >= 15 is 0 Å². The molecule has 0 bridgehead atoms. The van der Waals surface area contributed by atoms with Gasteiger partial charge in [0.15, 0.2) is 0 Å². The number of aliphatic hydroxyl groups excluding tert-OH is 1. The highest BCUT2D eigenvalue weighted by molar-refractivity contribution is 5.57. The van der Waals surface area contributed by atoms with Gasteiger partial charge >= 0.3 is 0 Å². The molecule has 1 aromatic rings. The zero-order valence-electron chi connectivity index (χ0n) is 12.3. The molecule has 1 saturated heterocycles. The Morgan fingerprint density at radius 2 is 1.84 bits per heavy atom. The van der Waals surface area contributed by atoms with Gasteiger partial charge in [0.05, 0.1) is 6.10 Å². The van der Waals surface area contributed by atoms with Gasteiger partial charge in [0.2, 0.25) is 0 Å². The van der Waals surface area contributed by atoms with E-state index in [0.29, 0.717) is 16.5 Å². The van der Waals surface area contributed by atoms with Crippen molar-refractivity contribution in [3.63, 3.8) is 0 Å². The third-order valence-corrected chi connectivity index (χ3v) is 4.22. The number of nitrogens with zero attached hydrogens (tertiary/aromatic N) is 1. The quantitative estimate of drug-likeness (QED) is 0.879. The third-order valence-electron chi connectivity index (χ3n) is 4.22. The maximum atomic E-state index is 13.7. The molecule has 0 spiro atoms. The summed E-state index contributed by atoms with van der Waals surface area (Å²) in [6.07, 6.45) is 1.62. The lowest BCUT2D eigenvalue weighted by molar-refractivity contribution is 0.198. The summed E-state index contributed by atoms with van der Waals surface area (Å²) in [5.41, 5.74) is 2.72. The molecule has 1 aliphatic rings. The van der Waals surface area contributed by atoms with Crippen molar-refractivity contribution < 1.29 is 9.50 Å². The predicted molar refractivity (Wildman–Crippen MR) is 77.0 cm³/mol. The molecule has 1 fully saturated rings. The minimum absolute atomic E-state index is 0.239. The van der Waals surface area contributed by atoms with E-state index in [-0.39, 0.29) is 5.82 Å². The van der Waals surface area contributed by atoms with Gasteiger partial charge in [-0.3, -0.25) is 0 Å². The molecule has 1 N–H and O–H groups in total. The largest absolute Gasteiger partial charge is 0.389 e. The topological polar surface area (TPSA) is 23.5 Å². The van der Waals surface area contributed by atoms with E-state index in [1.165, 1.54) is 6.07 Å². The Labute approximate surface area is 115 Å². The SMILES string of the molecule is Cc1cc(N2CCC(C)(C)CC2)c(C(C)O)cc1F. The first-order valence-electron chi connectivity index (χ1n) is 7.03. The Hall–Kier alpha value is -1.09. The fourth-order valence-electron chi connectivity index (χ4n) is 2.64. The second-order valence-electron chi connectivity index (χ2n) is 6.49. The van der Waals surface area contributed by atoms with Crippen molar-refractivity contribution in [2.75, 3.05) is 18.0 Å². The third kappa shape index (κ3) is 3.08. The summed E-state index contributed by atoms with van der Waals surface area (Å²) >= 11 is 0. The standard InChI is InChI=1S/C16H24FNO/c1-11-9-15(13(12(2)19)10-14(11)17)18-7-5-16(3,4)6-8-18/h9-10,12,19H,5-8H2,1-4H3. The number of benzene rings is 1. The molecule has 2 rings (SSSR count). The number of halogens is 1. The molecule has 3 heteroatoms. The molecule has 0 aliphatic carbocycles. The predicted octanol–water partition coefficient (Wildman–Crippen LogP) is 3.81. The molecule has 1 atom stereocenters. The summed E-state index contributed by atoms with van der Waals surface area (Å²) in [6.45, 7) is 9.99. The van der Waals surface area contributed by atoms with E-state index in [1.54, 1.807) is 13.8 Å². The Kier molecular flexibility index (Phi) is 3.86. The summed E-state index contributed by atoms with van der Waals surface area (Å²) in [6, 6.07) is 3.35. The molecule has 1 heterocycles. The fraction of sp³-hybridized carbons (Fsp3) is 0.625. The van der Waals surface area contributed by atoms with Gasteiger partial charge < -0.3 is 10.0 Å². The van der Waals surface area contributed by atoms with E-state index in [0.717, 1.165) is 31.6 Å². The highest BCUT2D eigenvalue weighted by Crippen LogP contribution is 2.36. The van der Waals surface area contributed by atoms with Gasteiger partial charge in [-0.2, -0.15) is 0 Å². The number of rotatable bonds is 2. The smallest absolute Gasteiger partial charge is 0.126 e. The van der Waals surface area contributed by atoms with Crippen LogP contribution in [-0.4, -0.2) is 18.2 Å². The Balaban J connectivity index is 2.31. The molecule has 0 saturated carbocycles. The monoisotopic (exact) mass is 265 g/mol. The van der Waals surface area contributed by atoms with Crippen LogP contribution in [0.2, 0.25) is 0 Å². The van der Waals surface area contributed by atoms with Gasteiger partial charge in [-0.25, -0.2) is 4.39 Å². The zero-order chi connectivity index (χ0) is 14.2. The van der Waals surface area contributed by atoms with E-state index < -0.39 is 6.10 Å². The maximum absolute atomic E-state index is 13.7. The molecule has 19 heavy (non-hydrogen) atoms. The zero-order valence-corrected chi connectivity index (χ0v) is 12.3. The van der Waals surface area contributed by atoms with E-state index in [9.17, 15) is 9.50 Å². The summed E-state index contributed by atoms with van der Waals surface area (Å²) in [5.74, 6) is -0.239. The summed E-state index contributed by atoms with van der Waals surface area (Å²) in [5, 5.41) is 9.86. The molecular weight excluding hydrogens is 241 g/mol. The Bertz CT molecular complexity index is 458.